The van der Waals surface area contributed by atoms with Gasteiger partial charge in [0.05, 0.1) is 6.61 Å². The van der Waals surface area contributed by atoms with Crippen molar-refractivity contribution in [2.24, 2.45) is 0 Å². The summed E-state index contributed by atoms with van der Waals surface area (Å²) >= 11 is 0. The number of hydrazine groups is 1. The highest BCUT2D eigenvalue weighted by Crippen LogP contribution is 2.31. The molecule has 2 heterocycles. The average molecular weight is 366 g/mol. The van der Waals surface area contributed by atoms with E-state index in [1.54, 1.807) is 24.3 Å². The molecule has 0 aromatic heterocycles. The number of rotatable bonds is 4. The van der Waals surface area contributed by atoms with Gasteiger partial charge in [-0.05, 0) is 41.8 Å². The number of ether oxygens (including phenoxy) is 1. The standard InChI is InChI=1S/C20H22N4O3/c1-12(25)21-15-3-2-4-16(10-15)22-20(26)18-11-17(23-24-18)13-5-6-19-14(9-13)7-8-27-19/h2-6,9-10,17-18,23-24H,7-8,11H2,1H3,(H,21,25)(H,22,26). The van der Waals surface area contributed by atoms with Crippen LogP contribution >= 0.6 is 0 Å². The van der Waals surface area contributed by atoms with Crippen molar-refractivity contribution in [2.75, 3.05) is 17.2 Å². The Bertz CT molecular complexity index is 883. The summed E-state index contributed by atoms with van der Waals surface area (Å²) in [7, 11) is 0. The van der Waals surface area contributed by atoms with Crippen molar-refractivity contribution in [3.8, 4) is 5.75 Å². The number of hydrogen-bond donors (Lipinski definition) is 4. The molecule has 2 aliphatic rings. The fourth-order valence-corrected chi connectivity index (χ4v) is 3.48. The van der Waals surface area contributed by atoms with Gasteiger partial charge < -0.3 is 15.4 Å². The number of nitrogens with one attached hydrogen (secondary N) is 4. The molecule has 0 bridgehead atoms. The van der Waals surface area contributed by atoms with Gasteiger partial charge >= 0.3 is 0 Å². The van der Waals surface area contributed by atoms with E-state index in [1.807, 2.05) is 12.1 Å². The Morgan fingerprint density at radius 3 is 2.70 bits per heavy atom. The van der Waals surface area contributed by atoms with Crippen LogP contribution in [0, 0.1) is 0 Å². The van der Waals surface area contributed by atoms with E-state index in [0.717, 1.165) is 24.3 Å². The molecule has 0 aliphatic carbocycles. The first-order valence-electron chi connectivity index (χ1n) is 9.04. The monoisotopic (exact) mass is 366 g/mol. The number of hydrogen-bond acceptors (Lipinski definition) is 5. The van der Waals surface area contributed by atoms with Gasteiger partial charge in [-0.25, -0.2) is 10.9 Å². The van der Waals surface area contributed by atoms with Crippen LogP contribution in [0.5, 0.6) is 5.75 Å². The predicted molar refractivity (Wildman–Crippen MR) is 102 cm³/mol. The molecule has 1 fully saturated rings. The molecule has 27 heavy (non-hydrogen) atoms. The maximum atomic E-state index is 12.6. The molecule has 2 aromatic rings. The van der Waals surface area contributed by atoms with Crippen LogP contribution < -0.4 is 26.2 Å². The highest BCUT2D eigenvalue weighted by Gasteiger charge is 2.30. The fourth-order valence-electron chi connectivity index (χ4n) is 3.48. The summed E-state index contributed by atoms with van der Waals surface area (Å²) in [6, 6.07) is 13.0. The summed E-state index contributed by atoms with van der Waals surface area (Å²) in [6.07, 6.45) is 1.58. The Morgan fingerprint density at radius 2 is 1.89 bits per heavy atom. The minimum atomic E-state index is -0.344. The second-order valence-electron chi connectivity index (χ2n) is 6.85. The molecule has 2 unspecified atom stereocenters. The minimum Gasteiger partial charge on any atom is -0.493 e. The fraction of sp³-hybridized carbons (Fsp3) is 0.300. The molecular weight excluding hydrogens is 344 g/mol. The Kier molecular flexibility index (Phi) is 4.79. The van der Waals surface area contributed by atoms with Crippen LogP contribution in [0.25, 0.3) is 0 Å². The van der Waals surface area contributed by atoms with Gasteiger partial charge in [0.25, 0.3) is 0 Å². The van der Waals surface area contributed by atoms with Crippen molar-refractivity contribution in [2.45, 2.75) is 31.8 Å². The Morgan fingerprint density at radius 1 is 1.07 bits per heavy atom. The summed E-state index contributed by atoms with van der Waals surface area (Å²) in [5.74, 6) is 0.690. The SMILES string of the molecule is CC(=O)Nc1cccc(NC(=O)C2CC(c3ccc4c(c3)CCO4)NN2)c1. The number of benzene rings is 2. The summed E-state index contributed by atoms with van der Waals surface area (Å²) in [6.45, 7) is 2.18. The predicted octanol–water partition coefficient (Wildman–Crippen LogP) is 2.13. The zero-order chi connectivity index (χ0) is 18.8. The van der Waals surface area contributed by atoms with Gasteiger partial charge in [0.2, 0.25) is 11.8 Å². The largest absolute Gasteiger partial charge is 0.493 e. The molecule has 140 valence electrons. The third kappa shape index (κ3) is 3.94. The molecule has 2 atom stereocenters. The van der Waals surface area contributed by atoms with Crippen LogP contribution in [0.1, 0.15) is 30.5 Å². The molecule has 4 rings (SSSR count). The molecular formula is C20H22N4O3. The summed E-state index contributed by atoms with van der Waals surface area (Å²) in [5, 5.41) is 5.61. The molecule has 1 saturated heterocycles. The van der Waals surface area contributed by atoms with Gasteiger partial charge in [-0.2, -0.15) is 0 Å². The number of carbonyl (C=O) groups is 2. The smallest absolute Gasteiger partial charge is 0.242 e. The third-order valence-corrected chi connectivity index (χ3v) is 4.79. The van der Waals surface area contributed by atoms with Crippen molar-refractivity contribution < 1.29 is 14.3 Å². The lowest BCUT2D eigenvalue weighted by molar-refractivity contribution is -0.118. The van der Waals surface area contributed by atoms with Crippen molar-refractivity contribution in [1.82, 2.24) is 10.9 Å². The molecule has 0 radical (unpaired) electrons. The lowest BCUT2D eigenvalue weighted by Crippen LogP contribution is -2.39. The Balaban J connectivity index is 1.39. The maximum Gasteiger partial charge on any atom is 0.242 e. The maximum absolute atomic E-state index is 12.6. The third-order valence-electron chi connectivity index (χ3n) is 4.79. The highest BCUT2D eigenvalue weighted by molar-refractivity contribution is 5.96. The lowest BCUT2D eigenvalue weighted by Gasteiger charge is -2.12. The van der Waals surface area contributed by atoms with Crippen molar-refractivity contribution in [3.63, 3.8) is 0 Å². The number of carbonyl (C=O) groups excluding carboxylic acids is 2. The van der Waals surface area contributed by atoms with Crippen molar-refractivity contribution in [3.05, 3.63) is 53.6 Å². The van der Waals surface area contributed by atoms with Crippen molar-refractivity contribution in [1.29, 1.82) is 0 Å². The van der Waals surface area contributed by atoms with E-state index in [2.05, 4.69) is 27.6 Å². The van der Waals surface area contributed by atoms with Crippen LogP contribution in [0.4, 0.5) is 11.4 Å². The minimum absolute atomic E-state index is 0.0670. The first-order chi connectivity index (χ1) is 13.1. The van der Waals surface area contributed by atoms with E-state index in [1.165, 1.54) is 12.5 Å². The zero-order valence-electron chi connectivity index (χ0n) is 15.0. The normalized spacial score (nSPS) is 20.6. The van der Waals surface area contributed by atoms with E-state index in [9.17, 15) is 9.59 Å². The van der Waals surface area contributed by atoms with E-state index in [0.29, 0.717) is 17.8 Å². The van der Waals surface area contributed by atoms with Crippen LogP contribution in [0.15, 0.2) is 42.5 Å². The van der Waals surface area contributed by atoms with Crippen LogP contribution in [-0.4, -0.2) is 24.5 Å². The van der Waals surface area contributed by atoms with Crippen LogP contribution in [0.2, 0.25) is 0 Å². The van der Waals surface area contributed by atoms with Crippen LogP contribution in [-0.2, 0) is 16.0 Å². The molecule has 0 spiro atoms. The van der Waals surface area contributed by atoms with Gasteiger partial charge in [0, 0.05) is 30.8 Å². The van der Waals surface area contributed by atoms with Gasteiger partial charge in [0.15, 0.2) is 0 Å². The highest BCUT2D eigenvalue weighted by atomic mass is 16.5. The number of anilines is 2. The van der Waals surface area contributed by atoms with E-state index in [-0.39, 0.29) is 23.9 Å². The first-order valence-corrected chi connectivity index (χ1v) is 9.04. The van der Waals surface area contributed by atoms with Crippen molar-refractivity contribution >= 4 is 23.2 Å². The molecule has 0 saturated carbocycles. The quantitative estimate of drug-likeness (QED) is 0.665. The molecule has 2 aromatic carbocycles. The van der Waals surface area contributed by atoms with Gasteiger partial charge in [-0.1, -0.05) is 18.2 Å². The Labute approximate surface area is 157 Å². The first kappa shape index (κ1) is 17.5. The zero-order valence-corrected chi connectivity index (χ0v) is 15.0. The number of amides is 2. The summed E-state index contributed by atoms with van der Waals surface area (Å²) in [4.78, 5) is 23.8. The lowest BCUT2D eigenvalue weighted by atomic mass is 9.99. The Hall–Kier alpha value is -2.90. The topological polar surface area (TPSA) is 91.5 Å². The molecule has 2 aliphatic heterocycles. The molecule has 4 N–H and O–H groups in total. The second kappa shape index (κ2) is 7.38. The van der Waals surface area contributed by atoms with Gasteiger partial charge in [-0.15, -0.1) is 0 Å². The van der Waals surface area contributed by atoms with E-state index < -0.39 is 0 Å². The number of fused-ring (bicyclic) bond motifs is 1. The second-order valence-corrected chi connectivity index (χ2v) is 6.85. The van der Waals surface area contributed by atoms with Gasteiger partial charge in [-0.3, -0.25) is 9.59 Å². The van der Waals surface area contributed by atoms with E-state index in [4.69, 9.17) is 4.74 Å². The van der Waals surface area contributed by atoms with Crippen LogP contribution in [0.3, 0.4) is 0 Å². The molecule has 7 nitrogen and oxygen atoms in total. The summed E-state index contributed by atoms with van der Waals surface area (Å²) < 4.78 is 5.55. The molecule has 2 amide bonds. The summed E-state index contributed by atoms with van der Waals surface area (Å²) in [5.41, 5.74) is 9.95. The van der Waals surface area contributed by atoms with Gasteiger partial charge in [0.1, 0.15) is 11.8 Å². The average Bonchev–Trinajstić information content (AvgIpc) is 3.30. The molecule has 7 heteroatoms. The van der Waals surface area contributed by atoms with E-state index >= 15 is 0 Å².